The third kappa shape index (κ3) is 5.11. The number of ether oxygens (including phenoxy) is 1. The monoisotopic (exact) mass is 364 g/mol. The highest BCUT2D eigenvalue weighted by Gasteiger charge is 2.01. The van der Waals surface area contributed by atoms with Gasteiger partial charge in [0.25, 0.3) is 0 Å². The van der Waals surface area contributed by atoms with Crippen LogP contribution in [0.5, 0.6) is 11.5 Å². The van der Waals surface area contributed by atoms with Gasteiger partial charge >= 0.3 is 0 Å². The smallest absolute Gasteiger partial charge is 0.127 e. The van der Waals surface area contributed by atoms with Gasteiger partial charge in [0, 0.05) is 5.02 Å². The molecule has 0 saturated carbocycles. The zero-order valence-electron chi connectivity index (χ0n) is 14.8. The van der Waals surface area contributed by atoms with Crippen molar-refractivity contribution in [2.45, 2.75) is 19.8 Å². The summed E-state index contributed by atoms with van der Waals surface area (Å²) in [7, 11) is 0. The Morgan fingerprint density at radius 1 is 0.846 bits per heavy atom. The van der Waals surface area contributed by atoms with Crippen LogP contribution in [0.15, 0.2) is 77.9 Å². The van der Waals surface area contributed by atoms with Crippen LogP contribution in [0.4, 0.5) is 5.69 Å². The number of hydrogen-bond donors (Lipinski definition) is 1. The minimum Gasteiger partial charge on any atom is -0.457 e. The maximum Gasteiger partial charge on any atom is 0.127 e. The van der Waals surface area contributed by atoms with E-state index in [4.69, 9.17) is 16.3 Å². The highest BCUT2D eigenvalue weighted by Crippen LogP contribution is 2.24. The topological polar surface area (TPSA) is 33.6 Å². The molecule has 0 atom stereocenters. The van der Waals surface area contributed by atoms with Crippen molar-refractivity contribution in [1.29, 1.82) is 0 Å². The highest BCUT2D eigenvalue weighted by molar-refractivity contribution is 6.30. The van der Waals surface area contributed by atoms with E-state index in [1.807, 2.05) is 60.7 Å². The number of nitrogens with zero attached hydrogens (tertiary/aromatic N) is 1. The molecule has 0 heterocycles. The summed E-state index contributed by atoms with van der Waals surface area (Å²) >= 11 is 5.86. The number of rotatable bonds is 6. The summed E-state index contributed by atoms with van der Waals surface area (Å²) < 4.78 is 5.88. The molecular formula is C22H21ClN2O. The van der Waals surface area contributed by atoms with Gasteiger partial charge in [-0.3, -0.25) is 5.43 Å². The van der Waals surface area contributed by atoms with E-state index < -0.39 is 0 Å². The Bertz CT molecular complexity index is 854. The first-order valence-corrected chi connectivity index (χ1v) is 8.90. The van der Waals surface area contributed by atoms with E-state index in [1.54, 1.807) is 6.21 Å². The Morgan fingerprint density at radius 3 is 2.00 bits per heavy atom. The molecule has 132 valence electrons. The first-order chi connectivity index (χ1) is 12.6. The molecule has 0 amide bonds. The standard InChI is InChI=1S/C22H21ClN2O/c1-16(2)18-5-13-22(14-6-18)26-21-11-3-17(4-12-21)15-24-25-20-9-7-19(23)8-10-20/h3-16,25H,1-2H3. The van der Waals surface area contributed by atoms with Crippen molar-refractivity contribution in [2.24, 2.45) is 5.10 Å². The van der Waals surface area contributed by atoms with Crippen LogP contribution in [0, 0.1) is 0 Å². The van der Waals surface area contributed by atoms with Gasteiger partial charge in [-0.1, -0.05) is 37.6 Å². The molecule has 0 aliphatic heterocycles. The Labute approximate surface area is 159 Å². The number of halogens is 1. The SMILES string of the molecule is CC(C)c1ccc(Oc2ccc(C=NNc3ccc(Cl)cc3)cc2)cc1. The van der Waals surface area contributed by atoms with Gasteiger partial charge in [0.1, 0.15) is 11.5 Å². The minimum absolute atomic E-state index is 0.518. The molecule has 3 aromatic rings. The van der Waals surface area contributed by atoms with Gasteiger partial charge in [0.2, 0.25) is 0 Å². The summed E-state index contributed by atoms with van der Waals surface area (Å²) in [6.07, 6.45) is 1.76. The average Bonchev–Trinajstić information content (AvgIpc) is 2.65. The van der Waals surface area contributed by atoms with Crippen LogP contribution in [0.1, 0.15) is 30.9 Å². The zero-order chi connectivity index (χ0) is 18.4. The van der Waals surface area contributed by atoms with E-state index in [2.05, 4.69) is 36.5 Å². The van der Waals surface area contributed by atoms with Crippen LogP contribution in [0.25, 0.3) is 0 Å². The molecule has 0 bridgehead atoms. The zero-order valence-corrected chi connectivity index (χ0v) is 15.6. The summed E-state index contributed by atoms with van der Waals surface area (Å²) in [4.78, 5) is 0. The summed E-state index contributed by atoms with van der Waals surface area (Å²) in [5.41, 5.74) is 6.14. The van der Waals surface area contributed by atoms with Crippen LogP contribution in [-0.2, 0) is 0 Å². The number of hydrazone groups is 1. The lowest BCUT2D eigenvalue weighted by atomic mass is 10.0. The number of benzene rings is 3. The van der Waals surface area contributed by atoms with E-state index in [0.29, 0.717) is 10.9 Å². The van der Waals surface area contributed by atoms with Crippen molar-refractivity contribution >= 4 is 23.5 Å². The van der Waals surface area contributed by atoms with E-state index in [1.165, 1.54) is 5.56 Å². The largest absolute Gasteiger partial charge is 0.457 e. The molecule has 1 N–H and O–H groups in total. The number of hydrogen-bond acceptors (Lipinski definition) is 3. The summed E-state index contributed by atoms with van der Waals surface area (Å²) in [6.45, 7) is 4.36. The Hall–Kier alpha value is -2.78. The van der Waals surface area contributed by atoms with Crippen LogP contribution in [0.3, 0.4) is 0 Å². The molecule has 3 rings (SSSR count). The molecule has 0 aromatic heterocycles. The van der Waals surface area contributed by atoms with Crippen molar-refractivity contribution in [1.82, 2.24) is 0 Å². The van der Waals surface area contributed by atoms with Gasteiger partial charge in [-0.2, -0.15) is 5.10 Å². The Balaban J connectivity index is 1.57. The summed E-state index contributed by atoms with van der Waals surface area (Å²) in [5, 5.41) is 4.93. The maximum absolute atomic E-state index is 5.88. The van der Waals surface area contributed by atoms with Crippen LogP contribution < -0.4 is 10.2 Å². The van der Waals surface area contributed by atoms with Crippen molar-refractivity contribution in [3.05, 3.63) is 88.9 Å². The summed E-state index contributed by atoms with van der Waals surface area (Å²) in [6, 6.07) is 23.4. The van der Waals surface area contributed by atoms with Crippen molar-refractivity contribution in [3.63, 3.8) is 0 Å². The highest BCUT2D eigenvalue weighted by atomic mass is 35.5. The predicted molar refractivity (Wildman–Crippen MR) is 110 cm³/mol. The third-order valence-corrected chi connectivity index (χ3v) is 4.17. The quantitative estimate of drug-likeness (QED) is 0.390. The van der Waals surface area contributed by atoms with Gasteiger partial charge in [0.15, 0.2) is 0 Å². The Morgan fingerprint density at radius 2 is 1.42 bits per heavy atom. The fourth-order valence-corrected chi connectivity index (χ4v) is 2.51. The number of anilines is 1. The van der Waals surface area contributed by atoms with Gasteiger partial charge in [-0.15, -0.1) is 0 Å². The van der Waals surface area contributed by atoms with E-state index in [9.17, 15) is 0 Å². The maximum atomic E-state index is 5.88. The fraction of sp³-hybridized carbons (Fsp3) is 0.136. The lowest BCUT2D eigenvalue weighted by molar-refractivity contribution is 0.482. The second-order valence-electron chi connectivity index (χ2n) is 6.27. The van der Waals surface area contributed by atoms with Crippen molar-refractivity contribution in [2.75, 3.05) is 5.43 Å². The molecule has 3 aromatic carbocycles. The molecule has 4 heteroatoms. The molecule has 0 unspecified atom stereocenters. The average molecular weight is 365 g/mol. The van der Waals surface area contributed by atoms with Gasteiger partial charge in [-0.25, -0.2) is 0 Å². The molecule has 0 aliphatic carbocycles. The molecule has 0 aliphatic rings. The third-order valence-electron chi connectivity index (χ3n) is 3.91. The van der Waals surface area contributed by atoms with Crippen LogP contribution in [-0.4, -0.2) is 6.21 Å². The number of nitrogens with one attached hydrogen (secondary N) is 1. The molecule has 0 spiro atoms. The van der Waals surface area contributed by atoms with Crippen molar-refractivity contribution < 1.29 is 4.74 Å². The van der Waals surface area contributed by atoms with E-state index >= 15 is 0 Å². The fourth-order valence-electron chi connectivity index (χ4n) is 2.38. The van der Waals surface area contributed by atoms with Gasteiger partial charge in [-0.05, 0) is 77.7 Å². The van der Waals surface area contributed by atoms with Crippen LogP contribution >= 0.6 is 11.6 Å². The molecule has 0 fully saturated rings. The summed E-state index contributed by atoms with van der Waals surface area (Å²) in [5.74, 6) is 2.15. The molecule has 0 saturated heterocycles. The molecule has 0 radical (unpaired) electrons. The predicted octanol–water partition coefficient (Wildman–Crippen LogP) is 6.70. The molecule has 26 heavy (non-hydrogen) atoms. The molecule has 3 nitrogen and oxygen atoms in total. The first-order valence-electron chi connectivity index (χ1n) is 8.53. The second-order valence-corrected chi connectivity index (χ2v) is 6.71. The lowest BCUT2D eigenvalue weighted by Gasteiger charge is -2.08. The second kappa shape index (κ2) is 8.54. The van der Waals surface area contributed by atoms with Crippen molar-refractivity contribution in [3.8, 4) is 11.5 Å². The first kappa shape index (κ1) is 18.0. The Kier molecular flexibility index (Phi) is 5.92. The van der Waals surface area contributed by atoms with Crippen LogP contribution in [0.2, 0.25) is 5.02 Å². The van der Waals surface area contributed by atoms with Gasteiger partial charge < -0.3 is 4.74 Å². The minimum atomic E-state index is 0.518. The van der Waals surface area contributed by atoms with E-state index in [0.717, 1.165) is 22.7 Å². The van der Waals surface area contributed by atoms with Gasteiger partial charge in [0.05, 0.1) is 11.9 Å². The molecular weight excluding hydrogens is 344 g/mol. The normalized spacial score (nSPS) is 11.1. The lowest BCUT2D eigenvalue weighted by Crippen LogP contribution is -1.91. The van der Waals surface area contributed by atoms with E-state index in [-0.39, 0.29) is 0 Å².